The highest BCUT2D eigenvalue weighted by Crippen LogP contribution is 2.17. The molecule has 0 saturated carbocycles. The van der Waals surface area contributed by atoms with Crippen molar-refractivity contribution in [1.82, 2.24) is 5.32 Å². The highest BCUT2D eigenvalue weighted by Gasteiger charge is 2.15. The number of anilines is 1. The number of hydrogen-bond donors (Lipinski definition) is 2. The van der Waals surface area contributed by atoms with E-state index in [-0.39, 0.29) is 16.8 Å². The summed E-state index contributed by atoms with van der Waals surface area (Å²) in [6.45, 7) is 0.432. The summed E-state index contributed by atoms with van der Waals surface area (Å²) in [4.78, 5) is 24.1. The number of rotatable bonds is 7. The van der Waals surface area contributed by atoms with E-state index in [2.05, 4.69) is 15.4 Å². The minimum absolute atomic E-state index is 0.122. The molecule has 1 amide bonds. The molecular weight excluding hydrogens is 346 g/mol. The second kappa shape index (κ2) is 9.63. The third-order valence-electron chi connectivity index (χ3n) is 3.66. The van der Waals surface area contributed by atoms with Crippen molar-refractivity contribution in [2.45, 2.75) is 6.54 Å². The molecule has 2 rings (SSSR count). The lowest BCUT2D eigenvalue weighted by atomic mass is 10.1. The number of nitrogens with one attached hydrogen (secondary N) is 2. The van der Waals surface area contributed by atoms with Gasteiger partial charge in [0.25, 0.3) is 5.91 Å². The van der Waals surface area contributed by atoms with Gasteiger partial charge in [-0.15, -0.1) is 0 Å². The standard InChI is InChI=1S/C20H19N3O4/c1-26-16-9-7-14(8-10-16)12-22-13-15(11-21)19(24)23-18-6-4-3-5-17(18)20(25)27-2/h3-10,13,22H,12H2,1-2H3,(H,23,24)/b15-13-. The van der Waals surface area contributed by atoms with Gasteiger partial charge in [0.1, 0.15) is 17.4 Å². The van der Waals surface area contributed by atoms with Crippen LogP contribution >= 0.6 is 0 Å². The zero-order chi connectivity index (χ0) is 19.6. The fourth-order valence-corrected chi connectivity index (χ4v) is 2.23. The van der Waals surface area contributed by atoms with E-state index < -0.39 is 11.9 Å². The van der Waals surface area contributed by atoms with Crippen molar-refractivity contribution >= 4 is 17.6 Å². The third-order valence-corrected chi connectivity index (χ3v) is 3.66. The Morgan fingerprint density at radius 1 is 1.11 bits per heavy atom. The minimum atomic E-state index is -0.629. The summed E-state index contributed by atoms with van der Waals surface area (Å²) >= 11 is 0. The molecular formula is C20H19N3O4. The monoisotopic (exact) mass is 365 g/mol. The van der Waals surface area contributed by atoms with Crippen molar-refractivity contribution in [3.05, 3.63) is 71.4 Å². The largest absolute Gasteiger partial charge is 0.497 e. The molecule has 2 aromatic carbocycles. The van der Waals surface area contributed by atoms with Crippen molar-refractivity contribution in [1.29, 1.82) is 5.26 Å². The highest BCUT2D eigenvalue weighted by atomic mass is 16.5. The van der Waals surface area contributed by atoms with Crippen LogP contribution in [0.15, 0.2) is 60.3 Å². The molecule has 0 aliphatic carbocycles. The van der Waals surface area contributed by atoms with Gasteiger partial charge < -0.3 is 20.1 Å². The van der Waals surface area contributed by atoms with Gasteiger partial charge in [0.05, 0.1) is 25.5 Å². The second-order valence-corrected chi connectivity index (χ2v) is 5.39. The van der Waals surface area contributed by atoms with Gasteiger partial charge in [-0.3, -0.25) is 4.79 Å². The van der Waals surface area contributed by atoms with Crippen LogP contribution in [0, 0.1) is 11.3 Å². The number of benzene rings is 2. The quantitative estimate of drug-likeness (QED) is 0.444. The van der Waals surface area contributed by atoms with Gasteiger partial charge in [-0.05, 0) is 29.8 Å². The third kappa shape index (κ3) is 5.34. The molecule has 0 atom stereocenters. The predicted octanol–water partition coefficient (Wildman–Crippen LogP) is 2.62. The molecule has 2 aromatic rings. The van der Waals surface area contributed by atoms with Gasteiger partial charge in [0.2, 0.25) is 0 Å². The van der Waals surface area contributed by atoms with E-state index in [0.29, 0.717) is 6.54 Å². The Kier molecular flexibility index (Phi) is 6.97. The lowest BCUT2D eigenvalue weighted by Crippen LogP contribution is -2.18. The Morgan fingerprint density at radius 3 is 2.44 bits per heavy atom. The maximum atomic E-state index is 12.3. The van der Waals surface area contributed by atoms with Crippen LogP contribution in [0.5, 0.6) is 5.75 Å². The van der Waals surface area contributed by atoms with Crippen LogP contribution in [0.3, 0.4) is 0 Å². The second-order valence-electron chi connectivity index (χ2n) is 5.39. The Labute approximate surface area is 157 Å². The minimum Gasteiger partial charge on any atom is -0.497 e. The molecule has 0 bridgehead atoms. The number of para-hydroxylation sites is 1. The first-order valence-corrected chi connectivity index (χ1v) is 8.04. The first-order valence-electron chi connectivity index (χ1n) is 8.04. The molecule has 7 nitrogen and oxygen atoms in total. The molecule has 2 N–H and O–H groups in total. The Hall–Kier alpha value is -3.79. The molecule has 0 spiro atoms. The zero-order valence-corrected chi connectivity index (χ0v) is 15.0. The van der Waals surface area contributed by atoms with Crippen LogP contribution in [0.2, 0.25) is 0 Å². The predicted molar refractivity (Wildman–Crippen MR) is 99.9 cm³/mol. The van der Waals surface area contributed by atoms with Crippen LogP contribution in [-0.2, 0) is 16.1 Å². The van der Waals surface area contributed by atoms with Crippen LogP contribution in [0.25, 0.3) is 0 Å². The summed E-state index contributed by atoms with van der Waals surface area (Å²) in [5, 5.41) is 14.7. The van der Waals surface area contributed by atoms with E-state index in [0.717, 1.165) is 11.3 Å². The number of ether oxygens (including phenoxy) is 2. The summed E-state index contributed by atoms with van der Waals surface area (Å²) in [6, 6.07) is 15.6. The number of carbonyl (C=O) groups excluding carboxylic acids is 2. The van der Waals surface area contributed by atoms with E-state index in [1.165, 1.54) is 19.4 Å². The molecule has 0 aromatic heterocycles. The van der Waals surface area contributed by atoms with Crippen molar-refractivity contribution in [3.8, 4) is 11.8 Å². The number of nitrogens with zero attached hydrogens (tertiary/aromatic N) is 1. The normalized spacial score (nSPS) is 10.5. The fourth-order valence-electron chi connectivity index (χ4n) is 2.23. The molecule has 7 heteroatoms. The number of amides is 1. The van der Waals surface area contributed by atoms with Crippen LogP contribution in [0.1, 0.15) is 15.9 Å². The summed E-state index contributed by atoms with van der Waals surface area (Å²) in [6.07, 6.45) is 1.33. The molecule has 0 aliphatic heterocycles. The molecule has 0 aliphatic rings. The molecule has 0 radical (unpaired) electrons. The topological polar surface area (TPSA) is 100 Å². The summed E-state index contributed by atoms with van der Waals surface area (Å²) < 4.78 is 9.78. The molecule has 0 heterocycles. The lowest BCUT2D eigenvalue weighted by molar-refractivity contribution is -0.112. The molecule has 27 heavy (non-hydrogen) atoms. The maximum absolute atomic E-state index is 12.3. The lowest BCUT2D eigenvalue weighted by Gasteiger charge is -2.09. The van der Waals surface area contributed by atoms with Crippen molar-refractivity contribution in [3.63, 3.8) is 0 Å². The first-order chi connectivity index (χ1) is 13.1. The zero-order valence-electron chi connectivity index (χ0n) is 15.0. The van der Waals surface area contributed by atoms with Gasteiger partial charge in [0.15, 0.2) is 0 Å². The Bertz CT molecular complexity index is 883. The van der Waals surface area contributed by atoms with E-state index in [1.54, 1.807) is 25.3 Å². The summed E-state index contributed by atoms with van der Waals surface area (Å²) in [7, 11) is 2.84. The molecule has 0 fully saturated rings. The van der Waals surface area contributed by atoms with Crippen molar-refractivity contribution < 1.29 is 19.1 Å². The van der Waals surface area contributed by atoms with E-state index in [9.17, 15) is 14.9 Å². The summed E-state index contributed by atoms with van der Waals surface area (Å²) in [5.41, 5.74) is 1.31. The number of carbonyl (C=O) groups is 2. The molecule has 0 saturated heterocycles. The van der Waals surface area contributed by atoms with Gasteiger partial charge in [-0.1, -0.05) is 24.3 Å². The average Bonchev–Trinajstić information content (AvgIpc) is 2.71. The number of methoxy groups -OCH3 is 2. The van der Waals surface area contributed by atoms with E-state index in [1.807, 2.05) is 30.3 Å². The highest BCUT2D eigenvalue weighted by molar-refractivity contribution is 6.09. The SMILES string of the molecule is COC(=O)c1ccccc1NC(=O)/C(C#N)=C\NCc1ccc(OC)cc1. The number of esters is 1. The summed E-state index contributed by atoms with van der Waals surface area (Å²) in [5.74, 6) is -0.460. The van der Waals surface area contributed by atoms with Crippen LogP contribution < -0.4 is 15.4 Å². The van der Waals surface area contributed by atoms with Crippen LogP contribution in [-0.4, -0.2) is 26.1 Å². The van der Waals surface area contributed by atoms with Crippen LogP contribution in [0.4, 0.5) is 5.69 Å². The van der Waals surface area contributed by atoms with Crippen molar-refractivity contribution in [2.24, 2.45) is 0 Å². The molecule has 0 unspecified atom stereocenters. The van der Waals surface area contributed by atoms with E-state index >= 15 is 0 Å². The van der Waals surface area contributed by atoms with Gasteiger partial charge in [-0.2, -0.15) is 5.26 Å². The molecule has 138 valence electrons. The van der Waals surface area contributed by atoms with Gasteiger partial charge in [0, 0.05) is 12.7 Å². The average molecular weight is 365 g/mol. The van der Waals surface area contributed by atoms with E-state index in [4.69, 9.17) is 4.74 Å². The smallest absolute Gasteiger partial charge is 0.339 e. The number of nitriles is 1. The first kappa shape index (κ1) is 19.5. The number of hydrogen-bond acceptors (Lipinski definition) is 6. The van der Waals surface area contributed by atoms with Crippen molar-refractivity contribution in [2.75, 3.05) is 19.5 Å². The fraction of sp³-hybridized carbons (Fsp3) is 0.150. The van der Waals surface area contributed by atoms with Gasteiger partial charge in [-0.25, -0.2) is 4.79 Å². The maximum Gasteiger partial charge on any atom is 0.339 e. The van der Waals surface area contributed by atoms with Gasteiger partial charge >= 0.3 is 5.97 Å². The Morgan fingerprint density at radius 2 is 1.81 bits per heavy atom. The Balaban J connectivity index is 2.04.